The van der Waals surface area contributed by atoms with Crippen molar-refractivity contribution in [2.24, 2.45) is 0 Å². The standard InChI is InChI=1S/C27H40/c1-25(2,3)22-17-18-24(27(7,8)9)21(19-22)15-12-14-20-13-10-11-16-23(20)26(4,5)6/h10-11,13,16-19H,12,14-15H2,1-9H3. The summed E-state index contributed by atoms with van der Waals surface area (Å²) >= 11 is 0. The van der Waals surface area contributed by atoms with Crippen LogP contribution in [-0.4, -0.2) is 0 Å². The third kappa shape index (κ3) is 5.71. The lowest BCUT2D eigenvalue weighted by Gasteiger charge is -2.27. The van der Waals surface area contributed by atoms with Crippen molar-refractivity contribution in [3.8, 4) is 0 Å². The van der Waals surface area contributed by atoms with E-state index in [1.54, 1.807) is 0 Å². The first kappa shape index (κ1) is 21.7. The Hall–Kier alpha value is -1.56. The average Bonchev–Trinajstić information content (AvgIpc) is 2.52. The zero-order valence-corrected chi connectivity index (χ0v) is 19.2. The highest BCUT2D eigenvalue weighted by Crippen LogP contribution is 2.32. The average molecular weight is 365 g/mol. The second kappa shape index (κ2) is 7.82. The molecule has 0 atom stereocenters. The summed E-state index contributed by atoms with van der Waals surface area (Å²) in [6.07, 6.45) is 3.50. The van der Waals surface area contributed by atoms with Crippen LogP contribution in [0.1, 0.15) is 96.6 Å². The number of rotatable bonds is 4. The SMILES string of the molecule is CC(C)(C)c1ccc(C(C)(C)C)c(CCCc2ccccc2C(C)(C)C)c1. The van der Waals surface area contributed by atoms with E-state index < -0.39 is 0 Å². The predicted octanol–water partition coefficient (Wildman–Crippen LogP) is 7.75. The molecule has 0 aliphatic carbocycles. The van der Waals surface area contributed by atoms with Gasteiger partial charge >= 0.3 is 0 Å². The highest BCUT2D eigenvalue weighted by atomic mass is 14.3. The maximum atomic E-state index is 2.47. The van der Waals surface area contributed by atoms with Crippen molar-refractivity contribution in [2.75, 3.05) is 0 Å². The molecule has 0 amide bonds. The van der Waals surface area contributed by atoms with Gasteiger partial charge in [-0.2, -0.15) is 0 Å². The van der Waals surface area contributed by atoms with Gasteiger partial charge in [0.1, 0.15) is 0 Å². The number of benzene rings is 2. The number of aryl methyl sites for hydroxylation is 2. The minimum Gasteiger partial charge on any atom is -0.0620 e. The number of hydrogen-bond acceptors (Lipinski definition) is 0. The first-order valence-electron chi connectivity index (χ1n) is 10.5. The predicted molar refractivity (Wildman–Crippen MR) is 121 cm³/mol. The summed E-state index contributed by atoms with van der Waals surface area (Å²) in [5, 5.41) is 0. The lowest BCUT2D eigenvalue weighted by atomic mass is 9.78. The molecule has 0 spiro atoms. The summed E-state index contributed by atoms with van der Waals surface area (Å²) < 4.78 is 0. The van der Waals surface area contributed by atoms with E-state index in [9.17, 15) is 0 Å². The molecule has 2 aromatic carbocycles. The minimum absolute atomic E-state index is 0.190. The van der Waals surface area contributed by atoms with Crippen LogP contribution < -0.4 is 0 Å². The highest BCUT2D eigenvalue weighted by molar-refractivity contribution is 5.39. The molecule has 0 unspecified atom stereocenters. The second-order valence-electron chi connectivity index (χ2n) is 11.1. The molecule has 2 rings (SSSR count). The Morgan fingerprint density at radius 3 is 1.63 bits per heavy atom. The van der Waals surface area contributed by atoms with Gasteiger partial charge in [-0.15, -0.1) is 0 Å². The van der Waals surface area contributed by atoms with Gasteiger partial charge in [0.05, 0.1) is 0 Å². The molecule has 0 heteroatoms. The van der Waals surface area contributed by atoms with E-state index in [4.69, 9.17) is 0 Å². The Kier molecular flexibility index (Phi) is 6.30. The molecule has 2 aromatic rings. The van der Waals surface area contributed by atoms with E-state index >= 15 is 0 Å². The van der Waals surface area contributed by atoms with Crippen LogP contribution in [0.5, 0.6) is 0 Å². The highest BCUT2D eigenvalue weighted by Gasteiger charge is 2.22. The topological polar surface area (TPSA) is 0 Å². The molecular formula is C27H40. The fraction of sp³-hybridized carbons (Fsp3) is 0.556. The molecule has 0 saturated carbocycles. The van der Waals surface area contributed by atoms with Crippen molar-refractivity contribution in [1.82, 2.24) is 0 Å². The monoisotopic (exact) mass is 364 g/mol. The van der Waals surface area contributed by atoms with Crippen molar-refractivity contribution in [3.05, 3.63) is 70.3 Å². The second-order valence-corrected chi connectivity index (χ2v) is 11.1. The molecule has 0 bridgehead atoms. The van der Waals surface area contributed by atoms with Crippen LogP contribution in [0.15, 0.2) is 42.5 Å². The molecule has 27 heavy (non-hydrogen) atoms. The van der Waals surface area contributed by atoms with E-state index in [-0.39, 0.29) is 16.2 Å². The summed E-state index contributed by atoms with van der Waals surface area (Å²) in [6, 6.07) is 16.2. The van der Waals surface area contributed by atoms with Gasteiger partial charge in [-0.1, -0.05) is 105 Å². The molecule has 0 saturated heterocycles. The summed E-state index contributed by atoms with van der Waals surface area (Å²) in [4.78, 5) is 0. The fourth-order valence-electron chi connectivity index (χ4n) is 3.94. The third-order valence-electron chi connectivity index (χ3n) is 5.50. The number of hydrogen-bond donors (Lipinski definition) is 0. The molecule has 0 N–H and O–H groups in total. The summed E-state index contributed by atoms with van der Waals surface area (Å²) in [5.74, 6) is 0. The van der Waals surface area contributed by atoms with Crippen molar-refractivity contribution in [3.63, 3.8) is 0 Å². The van der Waals surface area contributed by atoms with Gasteiger partial charge in [-0.3, -0.25) is 0 Å². The fourth-order valence-corrected chi connectivity index (χ4v) is 3.94. The van der Waals surface area contributed by atoms with E-state index in [1.807, 2.05) is 0 Å². The summed E-state index contributed by atoms with van der Waals surface area (Å²) in [5.41, 5.74) is 8.07. The van der Waals surface area contributed by atoms with Gasteiger partial charge in [-0.05, 0) is 63.3 Å². The minimum atomic E-state index is 0.190. The molecule has 0 aliphatic heterocycles. The molecule has 0 radical (unpaired) electrons. The van der Waals surface area contributed by atoms with E-state index in [0.717, 1.165) is 12.8 Å². The lowest BCUT2D eigenvalue weighted by Crippen LogP contribution is -2.18. The normalized spacial score (nSPS) is 13.1. The largest absolute Gasteiger partial charge is 0.0620 e. The maximum Gasteiger partial charge on any atom is -0.0129 e. The van der Waals surface area contributed by atoms with Crippen LogP contribution in [-0.2, 0) is 29.1 Å². The summed E-state index contributed by atoms with van der Waals surface area (Å²) in [7, 11) is 0. The van der Waals surface area contributed by atoms with E-state index in [1.165, 1.54) is 34.2 Å². The van der Waals surface area contributed by atoms with Gasteiger partial charge < -0.3 is 0 Å². The zero-order chi connectivity index (χ0) is 20.5. The Morgan fingerprint density at radius 2 is 1.07 bits per heavy atom. The molecule has 0 aromatic heterocycles. The smallest absolute Gasteiger partial charge is 0.0129 e. The Labute approximate surface area is 168 Å². The van der Waals surface area contributed by atoms with Gasteiger partial charge in [0.2, 0.25) is 0 Å². The van der Waals surface area contributed by atoms with Gasteiger partial charge in [0, 0.05) is 0 Å². The van der Waals surface area contributed by atoms with E-state index in [2.05, 4.69) is 105 Å². The third-order valence-corrected chi connectivity index (χ3v) is 5.50. The molecule has 0 heterocycles. The molecule has 148 valence electrons. The van der Waals surface area contributed by atoms with Crippen molar-refractivity contribution >= 4 is 0 Å². The lowest BCUT2D eigenvalue weighted by molar-refractivity contribution is 0.566. The van der Waals surface area contributed by atoms with Gasteiger partial charge in [0.15, 0.2) is 0 Å². The summed E-state index contributed by atoms with van der Waals surface area (Å²) in [6.45, 7) is 20.9. The Bertz CT molecular complexity index is 758. The van der Waals surface area contributed by atoms with E-state index in [0.29, 0.717) is 0 Å². The molecule has 0 aliphatic rings. The first-order valence-corrected chi connectivity index (χ1v) is 10.5. The Balaban J connectivity index is 2.25. The quantitative estimate of drug-likeness (QED) is 0.520. The van der Waals surface area contributed by atoms with Crippen molar-refractivity contribution in [2.45, 2.75) is 97.8 Å². The maximum absolute atomic E-state index is 2.47. The van der Waals surface area contributed by atoms with Gasteiger partial charge in [0.25, 0.3) is 0 Å². The molecular weight excluding hydrogens is 324 g/mol. The first-order chi connectivity index (χ1) is 12.3. The van der Waals surface area contributed by atoms with Crippen LogP contribution in [0.4, 0.5) is 0 Å². The van der Waals surface area contributed by atoms with Crippen LogP contribution in [0.3, 0.4) is 0 Å². The van der Waals surface area contributed by atoms with Crippen molar-refractivity contribution in [1.29, 1.82) is 0 Å². The van der Waals surface area contributed by atoms with Crippen molar-refractivity contribution < 1.29 is 0 Å². The Morgan fingerprint density at radius 1 is 0.556 bits per heavy atom. The van der Waals surface area contributed by atoms with Crippen LogP contribution in [0.2, 0.25) is 0 Å². The molecule has 0 nitrogen and oxygen atoms in total. The molecule has 0 fully saturated rings. The van der Waals surface area contributed by atoms with Gasteiger partial charge in [-0.25, -0.2) is 0 Å². The van der Waals surface area contributed by atoms with Crippen LogP contribution in [0, 0.1) is 0 Å². The van der Waals surface area contributed by atoms with Crippen LogP contribution >= 0.6 is 0 Å². The zero-order valence-electron chi connectivity index (χ0n) is 19.2. The van der Waals surface area contributed by atoms with Crippen LogP contribution in [0.25, 0.3) is 0 Å².